The molecule has 1 N–H and O–H groups in total. The van der Waals surface area contributed by atoms with E-state index in [-0.39, 0.29) is 12.6 Å². The van der Waals surface area contributed by atoms with Gasteiger partial charge in [0.15, 0.2) is 0 Å². The number of carboxylic acid groups (broad SMARTS) is 1. The van der Waals surface area contributed by atoms with E-state index in [9.17, 15) is 9.59 Å². The number of ether oxygens (including phenoxy) is 1. The number of carbonyl (C=O) groups excluding carboxylic acids is 1. The maximum absolute atomic E-state index is 12.6. The number of para-hydroxylation sites is 1. The standard InChI is InChI=1S/C27H22ClN3O4/c1-17-15-29-26-22(9-4-10-23(26)28)25(17)18-5-2-7-20(13-18)35-21-8-3-6-19(14-21)31-12-11-30(27(31)34)16-24(32)33/h2-10,13-15H,11-12,16H2,1H3,(H,32,33). The highest BCUT2D eigenvalue weighted by Crippen LogP contribution is 2.36. The second kappa shape index (κ2) is 9.27. The molecule has 1 fully saturated rings. The van der Waals surface area contributed by atoms with Crippen LogP contribution in [0.15, 0.2) is 72.9 Å². The lowest BCUT2D eigenvalue weighted by Crippen LogP contribution is -2.35. The van der Waals surface area contributed by atoms with Crippen molar-refractivity contribution in [3.8, 4) is 22.6 Å². The molecule has 1 saturated heterocycles. The Bertz CT molecular complexity index is 1460. The fraction of sp³-hybridized carbons (Fsp3) is 0.148. The Morgan fingerprint density at radius 3 is 2.60 bits per heavy atom. The molecule has 5 rings (SSSR count). The van der Waals surface area contributed by atoms with Crippen molar-refractivity contribution in [2.45, 2.75) is 6.92 Å². The van der Waals surface area contributed by atoms with E-state index in [0.29, 0.717) is 35.3 Å². The van der Waals surface area contributed by atoms with E-state index >= 15 is 0 Å². The molecule has 0 saturated carbocycles. The normalized spacial score (nSPS) is 13.5. The lowest BCUT2D eigenvalue weighted by molar-refractivity contribution is -0.137. The van der Waals surface area contributed by atoms with E-state index in [1.807, 2.05) is 73.8 Å². The summed E-state index contributed by atoms with van der Waals surface area (Å²) in [5, 5.41) is 10.6. The number of hydrogen-bond acceptors (Lipinski definition) is 4. The maximum atomic E-state index is 12.6. The maximum Gasteiger partial charge on any atom is 0.325 e. The average Bonchev–Trinajstić information content (AvgIpc) is 3.19. The minimum atomic E-state index is -1.03. The predicted molar refractivity (Wildman–Crippen MR) is 135 cm³/mol. The number of aromatic nitrogens is 1. The molecular formula is C27H22ClN3O4. The van der Waals surface area contributed by atoms with Gasteiger partial charge < -0.3 is 14.7 Å². The van der Waals surface area contributed by atoms with E-state index in [1.54, 1.807) is 11.0 Å². The number of carboxylic acids is 1. The van der Waals surface area contributed by atoms with E-state index in [2.05, 4.69) is 4.98 Å². The number of carbonyl (C=O) groups is 2. The monoisotopic (exact) mass is 487 g/mol. The van der Waals surface area contributed by atoms with Crippen LogP contribution in [0.2, 0.25) is 5.02 Å². The topological polar surface area (TPSA) is 83.0 Å². The lowest BCUT2D eigenvalue weighted by atomic mass is 9.97. The third-order valence-corrected chi connectivity index (χ3v) is 6.25. The van der Waals surface area contributed by atoms with Gasteiger partial charge >= 0.3 is 12.0 Å². The number of aryl methyl sites for hydroxylation is 1. The molecule has 0 spiro atoms. The van der Waals surface area contributed by atoms with Gasteiger partial charge in [0.25, 0.3) is 0 Å². The molecule has 176 valence electrons. The van der Waals surface area contributed by atoms with Gasteiger partial charge in [-0.05, 0) is 53.9 Å². The number of anilines is 1. The summed E-state index contributed by atoms with van der Waals surface area (Å²) in [4.78, 5) is 31.0. The van der Waals surface area contributed by atoms with Gasteiger partial charge in [0.1, 0.15) is 18.0 Å². The van der Waals surface area contributed by atoms with Crippen molar-refractivity contribution in [2.24, 2.45) is 0 Å². The van der Waals surface area contributed by atoms with Crippen LogP contribution in [0.1, 0.15) is 5.56 Å². The van der Waals surface area contributed by atoms with Gasteiger partial charge in [-0.1, -0.05) is 41.9 Å². The van der Waals surface area contributed by atoms with Crippen molar-refractivity contribution in [3.63, 3.8) is 0 Å². The van der Waals surface area contributed by atoms with Crippen LogP contribution in [0.4, 0.5) is 10.5 Å². The number of benzene rings is 3. The first-order valence-electron chi connectivity index (χ1n) is 11.1. The summed E-state index contributed by atoms with van der Waals surface area (Å²) in [7, 11) is 0. The van der Waals surface area contributed by atoms with Crippen molar-refractivity contribution < 1.29 is 19.4 Å². The molecule has 4 aromatic rings. The fourth-order valence-electron chi connectivity index (χ4n) is 4.37. The number of urea groups is 1. The molecule has 0 unspecified atom stereocenters. The highest BCUT2D eigenvalue weighted by Gasteiger charge is 2.30. The number of rotatable bonds is 6. The van der Waals surface area contributed by atoms with Crippen LogP contribution >= 0.6 is 11.6 Å². The van der Waals surface area contributed by atoms with Gasteiger partial charge in [-0.2, -0.15) is 0 Å². The number of hydrogen-bond donors (Lipinski definition) is 1. The third kappa shape index (κ3) is 4.50. The van der Waals surface area contributed by atoms with Gasteiger partial charge in [0.05, 0.1) is 10.5 Å². The van der Waals surface area contributed by atoms with E-state index in [1.165, 1.54) is 4.90 Å². The minimum Gasteiger partial charge on any atom is -0.480 e. The number of nitrogens with zero attached hydrogens (tertiary/aromatic N) is 3. The van der Waals surface area contributed by atoms with Crippen LogP contribution < -0.4 is 9.64 Å². The average molecular weight is 488 g/mol. The molecular weight excluding hydrogens is 466 g/mol. The second-order valence-corrected chi connectivity index (χ2v) is 8.74. The Labute approximate surface area is 207 Å². The highest BCUT2D eigenvalue weighted by molar-refractivity contribution is 6.35. The Balaban J connectivity index is 1.43. The van der Waals surface area contributed by atoms with Crippen LogP contribution in [0.5, 0.6) is 11.5 Å². The molecule has 2 amide bonds. The summed E-state index contributed by atoms with van der Waals surface area (Å²) in [6.45, 7) is 2.48. The van der Waals surface area contributed by atoms with Crippen LogP contribution in [-0.2, 0) is 4.79 Å². The molecule has 8 heteroatoms. The summed E-state index contributed by atoms with van der Waals surface area (Å²) in [5.74, 6) is 0.187. The zero-order chi connectivity index (χ0) is 24.5. The van der Waals surface area contributed by atoms with E-state index in [0.717, 1.165) is 27.6 Å². The third-order valence-electron chi connectivity index (χ3n) is 5.95. The van der Waals surface area contributed by atoms with Crippen LogP contribution in [0, 0.1) is 6.92 Å². The molecule has 1 aromatic heterocycles. The summed E-state index contributed by atoms with van der Waals surface area (Å²) in [6, 6.07) is 20.4. The van der Waals surface area contributed by atoms with Crippen LogP contribution in [0.25, 0.3) is 22.0 Å². The molecule has 0 atom stereocenters. The largest absolute Gasteiger partial charge is 0.480 e. The predicted octanol–water partition coefficient (Wildman–Crippen LogP) is 5.98. The molecule has 0 bridgehead atoms. The molecule has 3 aromatic carbocycles. The van der Waals surface area contributed by atoms with Crippen molar-refractivity contribution in [1.29, 1.82) is 0 Å². The number of halogens is 1. The lowest BCUT2D eigenvalue weighted by Gasteiger charge is -2.18. The summed E-state index contributed by atoms with van der Waals surface area (Å²) < 4.78 is 6.16. The number of aliphatic carboxylic acids is 1. The number of amides is 2. The molecule has 7 nitrogen and oxygen atoms in total. The minimum absolute atomic E-state index is 0.313. The first kappa shape index (κ1) is 22.7. The summed E-state index contributed by atoms with van der Waals surface area (Å²) in [5.41, 5.74) is 4.45. The molecule has 1 aliphatic rings. The van der Waals surface area contributed by atoms with Gasteiger partial charge in [0.2, 0.25) is 0 Å². The Morgan fingerprint density at radius 2 is 1.80 bits per heavy atom. The summed E-state index contributed by atoms with van der Waals surface area (Å²) >= 11 is 6.37. The zero-order valence-electron chi connectivity index (χ0n) is 18.9. The van der Waals surface area contributed by atoms with Gasteiger partial charge in [-0.15, -0.1) is 0 Å². The van der Waals surface area contributed by atoms with Gasteiger partial charge in [-0.3, -0.25) is 14.7 Å². The van der Waals surface area contributed by atoms with Crippen LogP contribution in [-0.4, -0.2) is 46.6 Å². The van der Waals surface area contributed by atoms with Gasteiger partial charge in [0, 0.05) is 36.4 Å². The Hall–Kier alpha value is -4.10. The van der Waals surface area contributed by atoms with Crippen molar-refractivity contribution in [3.05, 3.63) is 83.5 Å². The Kier molecular flexibility index (Phi) is 6.01. The highest BCUT2D eigenvalue weighted by atomic mass is 35.5. The van der Waals surface area contributed by atoms with Crippen LogP contribution in [0.3, 0.4) is 0 Å². The molecule has 1 aliphatic heterocycles. The van der Waals surface area contributed by atoms with Crippen molar-refractivity contribution in [2.75, 3.05) is 24.5 Å². The summed E-state index contributed by atoms with van der Waals surface area (Å²) in [6.07, 6.45) is 1.82. The molecule has 0 aliphatic carbocycles. The smallest absolute Gasteiger partial charge is 0.325 e. The SMILES string of the molecule is Cc1cnc2c(Cl)cccc2c1-c1cccc(Oc2cccc(N3CCN(CC(=O)O)C3=O)c2)c1. The number of pyridine rings is 1. The first-order chi connectivity index (χ1) is 16.9. The van der Waals surface area contributed by atoms with E-state index < -0.39 is 5.97 Å². The first-order valence-corrected chi connectivity index (χ1v) is 11.5. The second-order valence-electron chi connectivity index (χ2n) is 8.33. The number of fused-ring (bicyclic) bond motifs is 1. The van der Waals surface area contributed by atoms with Crippen molar-refractivity contribution >= 4 is 40.2 Å². The zero-order valence-corrected chi connectivity index (χ0v) is 19.7. The van der Waals surface area contributed by atoms with E-state index in [4.69, 9.17) is 21.4 Å². The fourth-order valence-corrected chi connectivity index (χ4v) is 4.59. The molecule has 35 heavy (non-hydrogen) atoms. The Morgan fingerprint density at radius 1 is 1.06 bits per heavy atom. The van der Waals surface area contributed by atoms with Crippen molar-refractivity contribution in [1.82, 2.24) is 9.88 Å². The molecule has 2 heterocycles. The molecule has 0 radical (unpaired) electrons. The quantitative estimate of drug-likeness (QED) is 0.361. The van der Waals surface area contributed by atoms with Gasteiger partial charge in [-0.25, -0.2) is 4.79 Å².